The molecule has 1 atom stereocenters. The minimum Gasteiger partial charge on any atom is -0.481 e. The van der Waals surface area contributed by atoms with Gasteiger partial charge in [0.15, 0.2) is 0 Å². The van der Waals surface area contributed by atoms with E-state index in [0.29, 0.717) is 45.8 Å². The SMILES string of the molecule is COCCOCCC(=O)N1CCC(C)(C(=O)O)C1. The summed E-state index contributed by atoms with van der Waals surface area (Å²) >= 11 is 0. The van der Waals surface area contributed by atoms with Gasteiger partial charge in [-0.2, -0.15) is 0 Å². The number of carbonyl (C=O) groups excluding carboxylic acids is 1. The second-order valence-electron chi connectivity index (χ2n) is 4.79. The molecule has 0 aliphatic carbocycles. The normalized spacial score (nSPS) is 23.3. The number of methoxy groups -OCH3 is 1. The van der Waals surface area contributed by atoms with E-state index in [9.17, 15) is 9.59 Å². The van der Waals surface area contributed by atoms with Gasteiger partial charge in [-0.1, -0.05) is 0 Å². The van der Waals surface area contributed by atoms with Gasteiger partial charge in [-0.25, -0.2) is 0 Å². The molecule has 1 saturated heterocycles. The molecule has 0 bridgehead atoms. The van der Waals surface area contributed by atoms with Gasteiger partial charge in [0, 0.05) is 20.2 Å². The first-order valence-corrected chi connectivity index (χ1v) is 6.07. The number of carbonyl (C=O) groups is 2. The fraction of sp³-hybridized carbons (Fsp3) is 0.833. The van der Waals surface area contributed by atoms with Gasteiger partial charge in [0.1, 0.15) is 0 Å². The topological polar surface area (TPSA) is 76.1 Å². The van der Waals surface area contributed by atoms with Crippen molar-refractivity contribution in [1.29, 1.82) is 0 Å². The van der Waals surface area contributed by atoms with Crippen LogP contribution in [0.2, 0.25) is 0 Å². The third kappa shape index (κ3) is 3.96. The maximum absolute atomic E-state index is 11.8. The minimum atomic E-state index is -0.839. The largest absolute Gasteiger partial charge is 0.481 e. The zero-order valence-electron chi connectivity index (χ0n) is 11.0. The smallest absolute Gasteiger partial charge is 0.311 e. The molecule has 0 spiro atoms. The third-order valence-corrected chi connectivity index (χ3v) is 3.23. The van der Waals surface area contributed by atoms with E-state index >= 15 is 0 Å². The maximum Gasteiger partial charge on any atom is 0.311 e. The summed E-state index contributed by atoms with van der Waals surface area (Å²) in [5, 5.41) is 9.07. The van der Waals surface area contributed by atoms with Gasteiger partial charge in [-0.3, -0.25) is 9.59 Å². The minimum absolute atomic E-state index is 0.0441. The lowest BCUT2D eigenvalue weighted by Gasteiger charge is -2.20. The molecule has 0 aromatic rings. The van der Waals surface area contributed by atoms with Crippen LogP contribution >= 0.6 is 0 Å². The van der Waals surface area contributed by atoms with E-state index in [4.69, 9.17) is 14.6 Å². The zero-order chi connectivity index (χ0) is 13.6. The van der Waals surface area contributed by atoms with Crippen molar-refractivity contribution in [3.05, 3.63) is 0 Å². The molecule has 104 valence electrons. The molecule has 1 aliphatic heterocycles. The lowest BCUT2D eigenvalue weighted by molar-refractivity contribution is -0.147. The number of hydrogen-bond acceptors (Lipinski definition) is 4. The molecule has 1 amide bonds. The van der Waals surface area contributed by atoms with E-state index < -0.39 is 11.4 Å². The summed E-state index contributed by atoms with van der Waals surface area (Å²) in [5.74, 6) is -0.883. The Labute approximate surface area is 107 Å². The second-order valence-corrected chi connectivity index (χ2v) is 4.79. The summed E-state index contributed by atoms with van der Waals surface area (Å²) in [6.45, 7) is 3.81. The fourth-order valence-electron chi connectivity index (χ4n) is 1.91. The Bertz CT molecular complexity index is 307. The van der Waals surface area contributed by atoms with Gasteiger partial charge in [0.2, 0.25) is 5.91 Å². The first-order chi connectivity index (χ1) is 8.49. The molecule has 0 aromatic heterocycles. The highest BCUT2D eigenvalue weighted by atomic mass is 16.5. The van der Waals surface area contributed by atoms with Crippen LogP contribution in [0.4, 0.5) is 0 Å². The summed E-state index contributed by atoms with van der Waals surface area (Å²) < 4.78 is 10.0. The first-order valence-electron chi connectivity index (χ1n) is 6.07. The lowest BCUT2D eigenvalue weighted by Crippen LogP contribution is -2.35. The Kier molecular flexibility index (Phi) is 5.55. The van der Waals surface area contributed by atoms with Crippen molar-refractivity contribution in [2.24, 2.45) is 5.41 Å². The molecule has 1 fully saturated rings. The van der Waals surface area contributed by atoms with E-state index in [-0.39, 0.29) is 5.91 Å². The third-order valence-electron chi connectivity index (χ3n) is 3.23. The molecule has 18 heavy (non-hydrogen) atoms. The molecule has 1 N–H and O–H groups in total. The Morgan fingerprint density at radius 2 is 2.06 bits per heavy atom. The van der Waals surface area contributed by atoms with E-state index in [1.807, 2.05) is 0 Å². The number of rotatable bonds is 7. The Morgan fingerprint density at radius 3 is 2.61 bits per heavy atom. The number of nitrogens with zero attached hydrogens (tertiary/aromatic N) is 1. The second kappa shape index (κ2) is 6.70. The highest BCUT2D eigenvalue weighted by Gasteiger charge is 2.41. The number of amides is 1. The molecule has 0 saturated carbocycles. The van der Waals surface area contributed by atoms with Gasteiger partial charge >= 0.3 is 5.97 Å². The van der Waals surface area contributed by atoms with E-state index in [1.54, 1.807) is 18.9 Å². The van der Waals surface area contributed by atoms with Crippen molar-refractivity contribution in [2.45, 2.75) is 19.8 Å². The van der Waals surface area contributed by atoms with E-state index in [1.165, 1.54) is 0 Å². The van der Waals surface area contributed by atoms with Crippen LogP contribution in [0.25, 0.3) is 0 Å². The standard InChI is InChI=1S/C12H21NO5/c1-12(11(15)16)4-5-13(9-12)10(14)3-6-18-8-7-17-2/h3-9H2,1-2H3,(H,15,16). The highest BCUT2D eigenvalue weighted by Crippen LogP contribution is 2.30. The molecule has 0 aromatic carbocycles. The van der Waals surface area contributed by atoms with Crippen molar-refractivity contribution in [1.82, 2.24) is 4.90 Å². The van der Waals surface area contributed by atoms with Crippen LogP contribution in [0.3, 0.4) is 0 Å². The number of carboxylic acid groups (broad SMARTS) is 1. The van der Waals surface area contributed by atoms with Crippen LogP contribution in [0.15, 0.2) is 0 Å². The molecule has 1 unspecified atom stereocenters. The van der Waals surface area contributed by atoms with Gasteiger partial charge < -0.3 is 19.5 Å². The van der Waals surface area contributed by atoms with Gasteiger partial charge in [-0.05, 0) is 13.3 Å². The molecular formula is C12H21NO5. The summed E-state index contributed by atoms with van der Waals surface area (Å²) in [6, 6.07) is 0. The van der Waals surface area contributed by atoms with Crippen LogP contribution in [0.5, 0.6) is 0 Å². The van der Waals surface area contributed by atoms with Gasteiger partial charge in [0.05, 0.1) is 31.7 Å². The number of aliphatic carboxylic acids is 1. The molecule has 1 rings (SSSR count). The number of ether oxygens (including phenoxy) is 2. The van der Waals surface area contributed by atoms with Crippen LogP contribution in [-0.2, 0) is 19.1 Å². The summed E-state index contributed by atoms with van der Waals surface area (Å²) in [6.07, 6.45) is 0.804. The summed E-state index contributed by atoms with van der Waals surface area (Å²) in [4.78, 5) is 24.5. The molecule has 1 heterocycles. The molecule has 6 nitrogen and oxygen atoms in total. The Morgan fingerprint density at radius 1 is 1.33 bits per heavy atom. The van der Waals surface area contributed by atoms with Crippen LogP contribution < -0.4 is 0 Å². The molecular weight excluding hydrogens is 238 g/mol. The first kappa shape index (κ1) is 14.9. The lowest BCUT2D eigenvalue weighted by atomic mass is 9.90. The molecule has 0 radical (unpaired) electrons. The Hall–Kier alpha value is -1.14. The number of hydrogen-bond donors (Lipinski definition) is 1. The summed E-state index contributed by atoms with van der Waals surface area (Å²) in [7, 11) is 1.59. The average molecular weight is 259 g/mol. The van der Waals surface area contributed by atoms with Crippen molar-refractivity contribution in [3.8, 4) is 0 Å². The van der Waals surface area contributed by atoms with E-state index in [2.05, 4.69) is 0 Å². The van der Waals surface area contributed by atoms with Crippen molar-refractivity contribution in [2.75, 3.05) is 40.0 Å². The predicted molar refractivity (Wildman–Crippen MR) is 64.3 cm³/mol. The molecule has 6 heteroatoms. The van der Waals surface area contributed by atoms with Gasteiger partial charge in [-0.15, -0.1) is 0 Å². The number of likely N-dealkylation sites (tertiary alicyclic amines) is 1. The average Bonchev–Trinajstić information content (AvgIpc) is 2.73. The highest BCUT2D eigenvalue weighted by molar-refractivity contribution is 5.80. The van der Waals surface area contributed by atoms with Crippen LogP contribution in [0, 0.1) is 5.41 Å². The van der Waals surface area contributed by atoms with Crippen molar-refractivity contribution < 1.29 is 24.2 Å². The monoisotopic (exact) mass is 259 g/mol. The van der Waals surface area contributed by atoms with Crippen LogP contribution in [-0.4, -0.2) is 61.9 Å². The van der Waals surface area contributed by atoms with Gasteiger partial charge in [0.25, 0.3) is 0 Å². The molecule has 1 aliphatic rings. The van der Waals surface area contributed by atoms with Crippen LogP contribution in [0.1, 0.15) is 19.8 Å². The zero-order valence-corrected chi connectivity index (χ0v) is 11.0. The fourth-order valence-corrected chi connectivity index (χ4v) is 1.91. The summed E-state index contributed by atoms with van der Waals surface area (Å²) in [5.41, 5.74) is -0.799. The quantitative estimate of drug-likeness (QED) is 0.668. The Balaban J connectivity index is 2.26. The van der Waals surface area contributed by atoms with Crippen molar-refractivity contribution in [3.63, 3.8) is 0 Å². The van der Waals surface area contributed by atoms with E-state index in [0.717, 1.165) is 0 Å². The maximum atomic E-state index is 11.8. The van der Waals surface area contributed by atoms with Crippen molar-refractivity contribution >= 4 is 11.9 Å². The number of carboxylic acids is 1. The predicted octanol–water partition coefficient (Wildman–Crippen LogP) is 0.363.